The van der Waals surface area contributed by atoms with Crippen molar-refractivity contribution in [2.75, 3.05) is 0 Å². The summed E-state index contributed by atoms with van der Waals surface area (Å²) in [5, 5.41) is 3.02. The Morgan fingerprint density at radius 1 is 0.846 bits per heavy atom. The third-order valence-electron chi connectivity index (χ3n) is 4.80. The van der Waals surface area contributed by atoms with Crippen molar-refractivity contribution in [2.45, 2.75) is 5.92 Å². The second-order valence-electron chi connectivity index (χ2n) is 6.40. The molecule has 0 fully saturated rings. The Balaban J connectivity index is 1.82. The van der Waals surface area contributed by atoms with E-state index >= 15 is 0 Å². The van der Waals surface area contributed by atoms with Gasteiger partial charge in [-0.15, -0.1) is 0 Å². The zero-order valence-corrected chi connectivity index (χ0v) is 14.7. The van der Waals surface area contributed by atoms with Gasteiger partial charge in [0.05, 0.1) is 11.4 Å². The fraction of sp³-hybridized carbons (Fsp3) is 0.0435. The molecule has 0 spiro atoms. The smallest absolute Gasteiger partial charge is 0.157 e. The van der Waals surface area contributed by atoms with Crippen LogP contribution in [0.3, 0.4) is 0 Å². The van der Waals surface area contributed by atoms with E-state index in [0.29, 0.717) is 5.03 Å². The van der Waals surface area contributed by atoms with Crippen LogP contribution >= 0.6 is 11.6 Å². The minimum atomic E-state index is 0.0749. The number of benzene rings is 2. The van der Waals surface area contributed by atoms with Gasteiger partial charge in [0.1, 0.15) is 0 Å². The molecular weight excluding hydrogens is 340 g/mol. The topological polar surface area (TPSA) is 25.2 Å². The molecule has 0 saturated heterocycles. The van der Waals surface area contributed by atoms with Gasteiger partial charge >= 0.3 is 0 Å². The van der Waals surface area contributed by atoms with E-state index in [1.807, 2.05) is 42.5 Å². The van der Waals surface area contributed by atoms with Crippen LogP contribution in [0.2, 0.25) is 0 Å². The van der Waals surface area contributed by atoms with Crippen molar-refractivity contribution < 1.29 is 0 Å². The largest absolute Gasteiger partial charge is 0.232 e. The number of nitrogens with zero attached hydrogens (tertiary/aromatic N) is 2. The van der Waals surface area contributed by atoms with Crippen molar-refractivity contribution in [3.63, 3.8) is 0 Å². The summed E-state index contributed by atoms with van der Waals surface area (Å²) in [7, 11) is 0. The first-order chi connectivity index (χ1) is 12.8. The number of halogens is 1. The molecule has 2 aromatic carbocycles. The normalized spacial score (nSPS) is 22.4. The van der Waals surface area contributed by atoms with Crippen LogP contribution in [0.5, 0.6) is 0 Å². The molecule has 1 aliphatic heterocycles. The summed E-state index contributed by atoms with van der Waals surface area (Å²) in [6.07, 6.45) is 9.97. The van der Waals surface area contributed by atoms with E-state index in [4.69, 9.17) is 21.6 Å². The molecule has 2 aliphatic rings. The molecule has 0 bridgehead atoms. The SMILES string of the molecule is ClC1=C/C2=Nc3nc(-c4ccccc4)c4ccccc4c3C2/C=C/C=C\1. The quantitative estimate of drug-likeness (QED) is 0.502. The van der Waals surface area contributed by atoms with Gasteiger partial charge in [-0.2, -0.15) is 0 Å². The van der Waals surface area contributed by atoms with E-state index < -0.39 is 0 Å². The fourth-order valence-corrected chi connectivity index (χ4v) is 3.83. The Bertz CT molecular complexity index is 1140. The molecule has 0 amide bonds. The van der Waals surface area contributed by atoms with E-state index in [2.05, 4.69) is 42.5 Å². The minimum absolute atomic E-state index is 0.0749. The van der Waals surface area contributed by atoms with Crippen molar-refractivity contribution in [2.24, 2.45) is 4.99 Å². The Kier molecular flexibility index (Phi) is 3.58. The molecule has 1 aliphatic carbocycles. The van der Waals surface area contributed by atoms with E-state index in [9.17, 15) is 0 Å². The fourth-order valence-electron chi connectivity index (χ4n) is 3.65. The van der Waals surface area contributed by atoms with Gasteiger partial charge in [0.15, 0.2) is 5.82 Å². The molecular formula is C23H15ClN2. The number of aromatic nitrogens is 1. The van der Waals surface area contributed by atoms with Crippen LogP contribution < -0.4 is 0 Å². The molecule has 1 aromatic heterocycles. The van der Waals surface area contributed by atoms with Crippen LogP contribution in [0.4, 0.5) is 5.82 Å². The molecule has 2 heterocycles. The third kappa shape index (κ3) is 2.42. The third-order valence-corrected chi connectivity index (χ3v) is 5.03. The predicted octanol–water partition coefficient (Wildman–Crippen LogP) is 6.32. The maximum atomic E-state index is 6.29. The van der Waals surface area contributed by atoms with Gasteiger partial charge in [0.2, 0.25) is 0 Å². The van der Waals surface area contributed by atoms with Gasteiger partial charge in [0.25, 0.3) is 0 Å². The highest BCUT2D eigenvalue weighted by Crippen LogP contribution is 2.43. The molecule has 124 valence electrons. The molecule has 0 N–H and O–H groups in total. The Morgan fingerprint density at radius 2 is 1.62 bits per heavy atom. The minimum Gasteiger partial charge on any atom is -0.232 e. The molecule has 1 atom stereocenters. The number of rotatable bonds is 1. The Morgan fingerprint density at radius 3 is 2.46 bits per heavy atom. The number of hydrogen-bond acceptors (Lipinski definition) is 2. The van der Waals surface area contributed by atoms with Crippen molar-refractivity contribution >= 4 is 33.9 Å². The second-order valence-corrected chi connectivity index (χ2v) is 6.83. The Labute approximate surface area is 156 Å². The number of pyridine rings is 1. The average Bonchev–Trinajstić information content (AvgIpc) is 3.00. The summed E-state index contributed by atoms with van der Waals surface area (Å²) in [4.78, 5) is 9.77. The number of hydrogen-bond donors (Lipinski definition) is 0. The number of allylic oxidation sites excluding steroid dienone is 6. The van der Waals surface area contributed by atoms with Crippen molar-refractivity contribution in [3.05, 3.63) is 95.6 Å². The van der Waals surface area contributed by atoms with Crippen LogP contribution in [0, 0.1) is 0 Å². The van der Waals surface area contributed by atoms with E-state index in [1.165, 1.54) is 5.39 Å². The van der Waals surface area contributed by atoms with E-state index in [0.717, 1.165) is 33.7 Å². The van der Waals surface area contributed by atoms with Crippen LogP contribution in [-0.4, -0.2) is 10.7 Å². The molecule has 26 heavy (non-hydrogen) atoms. The lowest BCUT2D eigenvalue weighted by molar-refractivity contribution is 1.19. The van der Waals surface area contributed by atoms with Crippen LogP contribution in [0.25, 0.3) is 22.0 Å². The van der Waals surface area contributed by atoms with Crippen molar-refractivity contribution in [3.8, 4) is 11.3 Å². The standard InChI is InChI=1S/C23H15ClN2/c24-16-10-4-5-13-19-20(14-16)25-23-21(19)17-11-6-7-12-18(17)22(26-23)15-8-2-1-3-9-15/h1-14,19H/b10-4-,13-5+,16-14+. The number of fused-ring (bicyclic) bond motifs is 5. The molecule has 0 radical (unpaired) electrons. The lowest BCUT2D eigenvalue weighted by atomic mass is 9.90. The first kappa shape index (κ1) is 15.3. The summed E-state index contributed by atoms with van der Waals surface area (Å²) in [5.74, 6) is 0.862. The molecule has 3 aromatic rings. The number of aliphatic imine (C=N–C) groups is 1. The maximum Gasteiger partial charge on any atom is 0.157 e. The highest BCUT2D eigenvalue weighted by Gasteiger charge is 2.29. The molecule has 1 unspecified atom stereocenters. The van der Waals surface area contributed by atoms with Gasteiger partial charge < -0.3 is 0 Å². The van der Waals surface area contributed by atoms with Crippen LogP contribution in [0.1, 0.15) is 11.5 Å². The van der Waals surface area contributed by atoms with E-state index in [1.54, 1.807) is 0 Å². The van der Waals surface area contributed by atoms with Gasteiger partial charge in [0, 0.05) is 27.5 Å². The highest BCUT2D eigenvalue weighted by molar-refractivity contribution is 6.33. The summed E-state index contributed by atoms with van der Waals surface area (Å²) in [5.41, 5.74) is 4.16. The predicted molar refractivity (Wildman–Crippen MR) is 109 cm³/mol. The van der Waals surface area contributed by atoms with Crippen molar-refractivity contribution in [1.82, 2.24) is 4.98 Å². The monoisotopic (exact) mass is 354 g/mol. The zero-order valence-electron chi connectivity index (χ0n) is 13.9. The molecule has 5 rings (SSSR count). The summed E-state index contributed by atoms with van der Waals surface area (Å²) < 4.78 is 0. The van der Waals surface area contributed by atoms with E-state index in [-0.39, 0.29) is 5.92 Å². The molecule has 2 nitrogen and oxygen atoms in total. The second kappa shape index (κ2) is 6.08. The molecule has 0 saturated carbocycles. The summed E-state index contributed by atoms with van der Waals surface area (Å²) in [6, 6.07) is 18.7. The van der Waals surface area contributed by atoms with Gasteiger partial charge in [-0.1, -0.05) is 84.4 Å². The first-order valence-corrected chi connectivity index (χ1v) is 8.98. The van der Waals surface area contributed by atoms with Gasteiger partial charge in [-0.25, -0.2) is 9.98 Å². The molecule has 3 heteroatoms. The highest BCUT2D eigenvalue weighted by atomic mass is 35.5. The van der Waals surface area contributed by atoms with Gasteiger partial charge in [-0.3, -0.25) is 0 Å². The lowest BCUT2D eigenvalue weighted by Gasteiger charge is -2.14. The summed E-state index contributed by atoms with van der Waals surface area (Å²) >= 11 is 6.29. The van der Waals surface area contributed by atoms with Crippen LogP contribution in [-0.2, 0) is 0 Å². The van der Waals surface area contributed by atoms with Crippen molar-refractivity contribution in [1.29, 1.82) is 0 Å². The summed E-state index contributed by atoms with van der Waals surface area (Å²) in [6.45, 7) is 0. The zero-order chi connectivity index (χ0) is 17.5. The average molecular weight is 355 g/mol. The maximum absolute atomic E-state index is 6.29. The Hall–Kier alpha value is -2.97. The van der Waals surface area contributed by atoms with Crippen LogP contribution in [0.15, 0.2) is 95.0 Å². The first-order valence-electron chi connectivity index (χ1n) is 8.60. The lowest BCUT2D eigenvalue weighted by Crippen LogP contribution is -2.05. The van der Waals surface area contributed by atoms with Gasteiger partial charge in [-0.05, 0) is 17.5 Å².